The van der Waals surface area contributed by atoms with E-state index >= 15 is 0 Å². The highest BCUT2D eigenvalue weighted by Crippen LogP contribution is 2.28. The number of β-amino-alcohol motifs (C(OH)–C–C–N with tert-alkyl or cyclic N) is 1. The molecule has 2 aromatic rings. The molecule has 3 atom stereocenters. The monoisotopic (exact) mass is 501 g/mol. The van der Waals surface area contributed by atoms with Gasteiger partial charge in [-0.05, 0) is 23.5 Å². The van der Waals surface area contributed by atoms with Crippen molar-refractivity contribution in [3.63, 3.8) is 0 Å². The molecule has 10 heteroatoms. The second kappa shape index (κ2) is 11.3. The number of aromatic nitrogens is 1. The molecular formula is C25H35N5O4S. The highest BCUT2D eigenvalue weighted by atomic mass is 32.1. The fourth-order valence-corrected chi connectivity index (χ4v) is 4.96. The predicted molar refractivity (Wildman–Crippen MR) is 135 cm³/mol. The minimum absolute atomic E-state index is 0.0408. The van der Waals surface area contributed by atoms with Gasteiger partial charge in [-0.1, -0.05) is 45.0 Å². The van der Waals surface area contributed by atoms with Crippen molar-refractivity contribution in [2.75, 3.05) is 13.1 Å². The zero-order valence-corrected chi connectivity index (χ0v) is 21.5. The summed E-state index contributed by atoms with van der Waals surface area (Å²) < 4.78 is 0. The normalized spacial score (nSPS) is 18.9. The van der Waals surface area contributed by atoms with E-state index in [1.54, 1.807) is 11.3 Å². The average molecular weight is 502 g/mol. The molecule has 190 valence electrons. The predicted octanol–water partition coefficient (Wildman–Crippen LogP) is 1.58. The quantitative estimate of drug-likeness (QED) is 0.433. The number of nitrogens with zero attached hydrogens (tertiary/aromatic N) is 2. The summed E-state index contributed by atoms with van der Waals surface area (Å²) in [6.07, 6.45) is -0.556. The van der Waals surface area contributed by atoms with Crippen LogP contribution in [-0.2, 0) is 20.9 Å². The first kappa shape index (κ1) is 26.8. The molecule has 1 aromatic heterocycles. The van der Waals surface area contributed by atoms with Crippen molar-refractivity contribution >= 4 is 29.1 Å². The van der Waals surface area contributed by atoms with E-state index in [9.17, 15) is 19.5 Å². The van der Waals surface area contributed by atoms with Gasteiger partial charge in [-0.15, -0.1) is 11.3 Å². The van der Waals surface area contributed by atoms with Crippen LogP contribution in [0.2, 0.25) is 0 Å². The highest BCUT2D eigenvalue weighted by molar-refractivity contribution is 7.13. The van der Waals surface area contributed by atoms with Gasteiger partial charge in [0.25, 0.3) is 0 Å². The summed E-state index contributed by atoms with van der Waals surface area (Å²) in [7, 11) is 0. The third-order valence-corrected chi connectivity index (χ3v) is 7.06. The van der Waals surface area contributed by atoms with E-state index in [2.05, 4.69) is 15.6 Å². The Balaban J connectivity index is 1.67. The summed E-state index contributed by atoms with van der Waals surface area (Å²) in [5.41, 5.74) is 9.66. The fraction of sp³-hybridized carbons (Fsp3) is 0.520. The molecule has 1 fully saturated rings. The Bertz CT molecular complexity index is 1050. The number of amides is 3. The van der Waals surface area contributed by atoms with Gasteiger partial charge in [-0.3, -0.25) is 14.4 Å². The lowest BCUT2D eigenvalue weighted by Gasteiger charge is -2.35. The van der Waals surface area contributed by atoms with Gasteiger partial charge in [0, 0.05) is 32.5 Å². The molecule has 1 aliphatic heterocycles. The fourth-order valence-electron chi connectivity index (χ4n) is 4.14. The van der Waals surface area contributed by atoms with Crippen LogP contribution in [-0.4, -0.2) is 64.0 Å². The number of aliphatic hydroxyl groups is 1. The molecule has 3 rings (SSSR count). The second-order valence-electron chi connectivity index (χ2n) is 9.98. The van der Waals surface area contributed by atoms with Crippen LogP contribution in [0.4, 0.5) is 0 Å². The molecule has 9 nitrogen and oxygen atoms in total. The molecule has 1 saturated heterocycles. The number of nitrogens with one attached hydrogen (secondary N) is 2. The van der Waals surface area contributed by atoms with Crippen LogP contribution < -0.4 is 16.4 Å². The van der Waals surface area contributed by atoms with Crippen LogP contribution in [0.1, 0.15) is 44.9 Å². The molecule has 1 aliphatic rings. The number of rotatable bonds is 8. The van der Waals surface area contributed by atoms with Gasteiger partial charge in [0.05, 0.1) is 22.2 Å². The van der Waals surface area contributed by atoms with Gasteiger partial charge in [-0.25, -0.2) is 4.98 Å². The van der Waals surface area contributed by atoms with E-state index in [-0.39, 0.29) is 43.7 Å². The summed E-state index contributed by atoms with van der Waals surface area (Å²) in [6, 6.07) is 6.23. The summed E-state index contributed by atoms with van der Waals surface area (Å²) >= 11 is 1.58. The third-order valence-electron chi connectivity index (χ3n) is 6.08. The van der Waals surface area contributed by atoms with E-state index < -0.39 is 23.6 Å². The maximum Gasteiger partial charge on any atom is 0.246 e. The Kier molecular flexibility index (Phi) is 8.63. The zero-order valence-electron chi connectivity index (χ0n) is 20.7. The van der Waals surface area contributed by atoms with Gasteiger partial charge >= 0.3 is 0 Å². The Morgan fingerprint density at radius 3 is 2.51 bits per heavy atom. The average Bonchev–Trinajstić information content (AvgIpc) is 3.40. The molecule has 0 saturated carbocycles. The highest BCUT2D eigenvalue weighted by Gasteiger charge is 2.44. The lowest BCUT2D eigenvalue weighted by atomic mass is 9.85. The van der Waals surface area contributed by atoms with E-state index in [1.807, 2.05) is 57.5 Å². The minimum atomic E-state index is -0.843. The Labute approximate surface area is 210 Å². The number of thiazole rings is 1. The van der Waals surface area contributed by atoms with Crippen LogP contribution >= 0.6 is 11.3 Å². The molecule has 0 bridgehead atoms. The number of hydrogen-bond donors (Lipinski definition) is 4. The summed E-state index contributed by atoms with van der Waals surface area (Å²) in [5.74, 6) is -1.04. The van der Waals surface area contributed by atoms with Crippen molar-refractivity contribution < 1.29 is 19.5 Å². The molecule has 3 amide bonds. The van der Waals surface area contributed by atoms with E-state index in [0.717, 1.165) is 21.7 Å². The van der Waals surface area contributed by atoms with Gasteiger partial charge in [0.1, 0.15) is 12.1 Å². The molecule has 2 heterocycles. The number of likely N-dealkylation sites (tertiary alicyclic amines) is 1. The number of aryl methyl sites for hydroxylation is 1. The van der Waals surface area contributed by atoms with Gasteiger partial charge in [0.2, 0.25) is 17.7 Å². The van der Waals surface area contributed by atoms with Crippen LogP contribution in [0, 0.1) is 12.3 Å². The molecule has 1 aromatic carbocycles. The zero-order chi connectivity index (χ0) is 25.8. The number of carbonyl (C=O) groups is 3. The SMILES string of the molecule is Cc1ncsc1-c1ccc(CNC(=O)C2CC(O)CN2C(=O)[C@@H](NC(=O)CCN)C(C)(C)C)cc1. The lowest BCUT2D eigenvalue weighted by Crippen LogP contribution is -2.57. The van der Waals surface area contributed by atoms with Crippen molar-refractivity contribution in [3.05, 3.63) is 41.0 Å². The summed E-state index contributed by atoms with van der Waals surface area (Å²) in [5, 5.41) is 15.9. The van der Waals surface area contributed by atoms with Gasteiger partial charge in [0.15, 0.2) is 0 Å². The van der Waals surface area contributed by atoms with Gasteiger partial charge < -0.3 is 26.4 Å². The topological polar surface area (TPSA) is 138 Å². The van der Waals surface area contributed by atoms with E-state index in [1.165, 1.54) is 4.90 Å². The number of benzene rings is 1. The van der Waals surface area contributed by atoms with Crippen molar-refractivity contribution in [1.29, 1.82) is 0 Å². The maximum atomic E-state index is 13.4. The van der Waals surface area contributed by atoms with Crippen LogP contribution in [0.15, 0.2) is 29.8 Å². The second-order valence-corrected chi connectivity index (χ2v) is 10.8. The molecule has 35 heavy (non-hydrogen) atoms. The standard InChI is InChI=1S/C25H35N5O4S/c1-15-21(35-14-28-15)17-7-5-16(6-8-17)12-27-23(33)19-11-18(31)13-30(19)24(34)22(25(2,3)4)29-20(32)9-10-26/h5-8,14,18-19,22,31H,9-13,26H2,1-4H3,(H,27,33)(H,29,32)/t18?,19?,22-/m1/s1. The molecular weight excluding hydrogens is 466 g/mol. The van der Waals surface area contributed by atoms with Crippen LogP contribution in [0.5, 0.6) is 0 Å². The Morgan fingerprint density at radius 2 is 1.94 bits per heavy atom. The first-order valence-electron chi connectivity index (χ1n) is 11.8. The number of nitrogens with two attached hydrogens (primary N) is 1. The Morgan fingerprint density at radius 1 is 1.26 bits per heavy atom. The van der Waals surface area contributed by atoms with Crippen molar-refractivity contribution in [1.82, 2.24) is 20.5 Å². The van der Waals surface area contributed by atoms with Crippen LogP contribution in [0.3, 0.4) is 0 Å². The lowest BCUT2D eigenvalue weighted by molar-refractivity contribution is -0.144. The van der Waals surface area contributed by atoms with E-state index in [0.29, 0.717) is 6.54 Å². The molecule has 5 N–H and O–H groups in total. The van der Waals surface area contributed by atoms with Crippen LogP contribution in [0.25, 0.3) is 10.4 Å². The number of aliphatic hydroxyl groups excluding tert-OH is 1. The first-order valence-corrected chi connectivity index (χ1v) is 12.6. The molecule has 0 aliphatic carbocycles. The molecule has 0 spiro atoms. The van der Waals surface area contributed by atoms with Crippen molar-refractivity contribution in [3.8, 4) is 10.4 Å². The van der Waals surface area contributed by atoms with Crippen molar-refractivity contribution in [2.24, 2.45) is 11.1 Å². The Hall–Kier alpha value is -2.82. The maximum absolute atomic E-state index is 13.4. The molecule has 0 radical (unpaired) electrons. The minimum Gasteiger partial charge on any atom is -0.391 e. The summed E-state index contributed by atoms with van der Waals surface area (Å²) in [6.45, 7) is 8.02. The largest absolute Gasteiger partial charge is 0.391 e. The number of carbonyl (C=O) groups excluding carboxylic acids is 3. The van der Waals surface area contributed by atoms with Crippen molar-refractivity contribution in [2.45, 2.75) is 65.3 Å². The summed E-state index contributed by atoms with van der Waals surface area (Å²) in [4.78, 5) is 45.4. The smallest absolute Gasteiger partial charge is 0.246 e. The van der Waals surface area contributed by atoms with Gasteiger partial charge in [-0.2, -0.15) is 0 Å². The number of hydrogen-bond acceptors (Lipinski definition) is 7. The first-order chi connectivity index (χ1) is 16.5. The molecule has 2 unspecified atom stereocenters. The third kappa shape index (κ3) is 6.65. The van der Waals surface area contributed by atoms with E-state index in [4.69, 9.17) is 5.73 Å².